The molecule has 136 valence electrons. The van der Waals surface area contributed by atoms with E-state index in [9.17, 15) is 4.79 Å². The lowest BCUT2D eigenvalue weighted by molar-refractivity contribution is -0.138. The summed E-state index contributed by atoms with van der Waals surface area (Å²) < 4.78 is 0. The van der Waals surface area contributed by atoms with Crippen molar-refractivity contribution >= 4 is 11.9 Å². The molecule has 6 nitrogen and oxygen atoms in total. The molecule has 0 bridgehead atoms. The predicted octanol–water partition coefficient (Wildman–Crippen LogP) is 1.78. The van der Waals surface area contributed by atoms with E-state index in [0.717, 1.165) is 44.6 Å². The summed E-state index contributed by atoms with van der Waals surface area (Å²) in [6, 6.07) is 2.37. The first-order valence-electron chi connectivity index (χ1n) is 9.85. The topological polar surface area (TPSA) is 52.6 Å². The largest absolute Gasteiger partial charge is 0.338 e. The Morgan fingerprint density at radius 2 is 1.68 bits per heavy atom. The van der Waals surface area contributed by atoms with E-state index in [-0.39, 0.29) is 0 Å². The fraction of sp³-hybridized carbons (Fsp3) is 0.737. The molecule has 0 N–H and O–H groups in total. The van der Waals surface area contributed by atoms with Gasteiger partial charge in [0.25, 0.3) is 0 Å². The van der Waals surface area contributed by atoms with Gasteiger partial charge in [-0.2, -0.15) is 0 Å². The average molecular weight is 343 g/mol. The normalized spacial score (nSPS) is 27.8. The maximum Gasteiger partial charge on any atom is 0.237 e. The van der Waals surface area contributed by atoms with Crippen molar-refractivity contribution in [2.45, 2.75) is 44.6 Å². The van der Waals surface area contributed by atoms with Crippen LogP contribution in [0.2, 0.25) is 0 Å². The lowest BCUT2D eigenvalue weighted by atomic mass is 9.78. The summed E-state index contributed by atoms with van der Waals surface area (Å²) in [4.78, 5) is 28.3. The highest BCUT2D eigenvalue weighted by Gasteiger charge is 2.36. The number of piperazine rings is 1. The number of carbonyl (C=O) groups is 1. The number of carbonyl (C=O) groups excluding carboxylic acids is 1. The number of hydrogen-bond acceptors (Lipinski definition) is 5. The highest BCUT2D eigenvalue weighted by molar-refractivity contribution is 5.78. The summed E-state index contributed by atoms with van der Waals surface area (Å²) >= 11 is 0. The van der Waals surface area contributed by atoms with Crippen LogP contribution in [0.15, 0.2) is 18.5 Å². The Hall–Kier alpha value is -1.69. The van der Waals surface area contributed by atoms with Crippen molar-refractivity contribution < 1.29 is 4.79 Å². The van der Waals surface area contributed by atoms with Crippen LogP contribution in [-0.4, -0.2) is 71.0 Å². The van der Waals surface area contributed by atoms with Crippen LogP contribution >= 0.6 is 0 Å². The Balaban J connectivity index is 1.30. The van der Waals surface area contributed by atoms with Crippen molar-refractivity contribution in [3.8, 4) is 0 Å². The van der Waals surface area contributed by atoms with E-state index >= 15 is 0 Å². The van der Waals surface area contributed by atoms with Gasteiger partial charge in [0.1, 0.15) is 0 Å². The van der Waals surface area contributed by atoms with Crippen LogP contribution in [0, 0.1) is 5.92 Å². The molecule has 2 aliphatic heterocycles. The van der Waals surface area contributed by atoms with Crippen molar-refractivity contribution in [3.63, 3.8) is 0 Å². The van der Waals surface area contributed by atoms with Gasteiger partial charge >= 0.3 is 0 Å². The van der Waals surface area contributed by atoms with Gasteiger partial charge in [-0.25, -0.2) is 9.97 Å². The maximum atomic E-state index is 12.9. The molecule has 1 aliphatic carbocycles. The molecule has 1 aromatic heterocycles. The third-order valence-electron chi connectivity index (χ3n) is 6.13. The maximum absolute atomic E-state index is 12.9. The van der Waals surface area contributed by atoms with Crippen molar-refractivity contribution in [1.82, 2.24) is 19.8 Å². The monoisotopic (exact) mass is 343 g/mol. The van der Waals surface area contributed by atoms with Crippen molar-refractivity contribution in [3.05, 3.63) is 18.5 Å². The van der Waals surface area contributed by atoms with Crippen LogP contribution in [0.5, 0.6) is 0 Å². The second kappa shape index (κ2) is 7.68. The lowest BCUT2D eigenvalue weighted by Crippen LogP contribution is -2.55. The van der Waals surface area contributed by atoms with Gasteiger partial charge in [-0.15, -0.1) is 0 Å². The summed E-state index contributed by atoms with van der Waals surface area (Å²) in [7, 11) is 0. The number of anilines is 1. The zero-order chi connectivity index (χ0) is 17.1. The van der Waals surface area contributed by atoms with Gasteiger partial charge in [0.2, 0.25) is 11.9 Å². The SMILES string of the molecule is O=C(CN1CCN(c2ncccn2)CC1)N1CCCC2CCCCC21. The quantitative estimate of drug-likeness (QED) is 0.837. The zero-order valence-electron chi connectivity index (χ0n) is 15.0. The van der Waals surface area contributed by atoms with Crippen LogP contribution in [0.1, 0.15) is 38.5 Å². The number of hydrogen-bond donors (Lipinski definition) is 0. The van der Waals surface area contributed by atoms with Crippen LogP contribution in [0.3, 0.4) is 0 Å². The summed E-state index contributed by atoms with van der Waals surface area (Å²) in [5.41, 5.74) is 0. The first-order valence-corrected chi connectivity index (χ1v) is 9.85. The minimum atomic E-state index is 0.348. The number of piperidine rings is 1. The average Bonchev–Trinajstić information content (AvgIpc) is 2.69. The van der Waals surface area contributed by atoms with Gasteiger partial charge in [0.05, 0.1) is 6.54 Å². The second-order valence-corrected chi connectivity index (χ2v) is 7.65. The first-order chi connectivity index (χ1) is 12.3. The molecule has 4 rings (SSSR count). The van der Waals surface area contributed by atoms with Gasteiger partial charge in [-0.1, -0.05) is 12.8 Å². The molecule has 2 saturated heterocycles. The molecular formula is C19H29N5O. The van der Waals surface area contributed by atoms with E-state index in [0.29, 0.717) is 18.5 Å². The van der Waals surface area contributed by atoms with Gasteiger partial charge in [0.15, 0.2) is 0 Å². The minimum absolute atomic E-state index is 0.348. The fourth-order valence-electron chi connectivity index (χ4n) is 4.78. The van der Waals surface area contributed by atoms with Gasteiger partial charge in [0, 0.05) is 51.2 Å². The molecule has 3 fully saturated rings. The molecule has 0 aromatic carbocycles. The summed E-state index contributed by atoms with van der Waals surface area (Å²) in [6.07, 6.45) is 11.3. The molecule has 25 heavy (non-hydrogen) atoms. The molecule has 0 spiro atoms. The lowest BCUT2D eigenvalue weighted by Gasteiger charge is -2.45. The Labute approximate surface area is 150 Å². The van der Waals surface area contributed by atoms with Crippen LogP contribution in [0.4, 0.5) is 5.95 Å². The molecule has 1 aromatic rings. The van der Waals surface area contributed by atoms with Crippen LogP contribution < -0.4 is 4.90 Å². The fourth-order valence-corrected chi connectivity index (χ4v) is 4.78. The third-order valence-corrected chi connectivity index (χ3v) is 6.13. The number of rotatable bonds is 3. The van der Waals surface area contributed by atoms with E-state index in [2.05, 4.69) is 24.7 Å². The van der Waals surface area contributed by atoms with E-state index in [1.54, 1.807) is 12.4 Å². The van der Waals surface area contributed by atoms with E-state index in [1.807, 2.05) is 6.07 Å². The zero-order valence-corrected chi connectivity index (χ0v) is 15.0. The van der Waals surface area contributed by atoms with Crippen molar-refractivity contribution in [2.75, 3.05) is 44.2 Å². The van der Waals surface area contributed by atoms with Crippen LogP contribution in [0.25, 0.3) is 0 Å². The van der Waals surface area contributed by atoms with E-state index in [1.165, 1.54) is 38.5 Å². The van der Waals surface area contributed by atoms with Crippen molar-refractivity contribution in [2.24, 2.45) is 5.92 Å². The van der Waals surface area contributed by atoms with Gasteiger partial charge < -0.3 is 9.80 Å². The molecule has 3 heterocycles. The van der Waals surface area contributed by atoms with Gasteiger partial charge in [-0.05, 0) is 37.7 Å². The first kappa shape index (κ1) is 16.8. The third kappa shape index (κ3) is 3.78. The molecule has 2 unspecified atom stereocenters. The number of fused-ring (bicyclic) bond motifs is 1. The highest BCUT2D eigenvalue weighted by atomic mass is 16.2. The highest BCUT2D eigenvalue weighted by Crippen LogP contribution is 2.35. The Bertz CT molecular complexity index is 570. The number of nitrogens with zero attached hydrogens (tertiary/aromatic N) is 5. The molecule has 2 atom stereocenters. The smallest absolute Gasteiger partial charge is 0.237 e. The molecule has 3 aliphatic rings. The van der Waals surface area contributed by atoms with E-state index in [4.69, 9.17) is 0 Å². The molecule has 6 heteroatoms. The summed E-state index contributed by atoms with van der Waals surface area (Å²) in [5.74, 6) is 1.91. The summed E-state index contributed by atoms with van der Waals surface area (Å²) in [5, 5.41) is 0. The molecule has 1 saturated carbocycles. The Kier molecular flexibility index (Phi) is 5.15. The minimum Gasteiger partial charge on any atom is -0.338 e. The van der Waals surface area contributed by atoms with E-state index < -0.39 is 0 Å². The second-order valence-electron chi connectivity index (χ2n) is 7.65. The summed E-state index contributed by atoms with van der Waals surface area (Å²) in [6.45, 7) is 5.15. The molecular weight excluding hydrogens is 314 g/mol. The Morgan fingerprint density at radius 1 is 0.960 bits per heavy atom. The predicted molar refractivity (Wildman–Crippen MR) is 97.4 cm³/mol. The molecule has 1 amide bonds. The number of likely N-dealkylation sites (tertiary alicyclic amines) is 1. The number of aromatic nitrogens is 2. The Morgan fingerprint density at radius 3 is 2.48 bits per heavy atom. The van der Waals surface area contributed by atoms with Gasteiger partial charge in [-0.3, -0.25) is 9.69 Å². The number of amides is 1. The molecule has 0 radical (unpaired) electrons. The van der Waals surface area contributed by atoms with Crippen molar-refractivity contribution in [1.29, 1.82) is 0 Å². The van der Waals surface area contributed by atoms with Crippen LogP contribution in [-0.2, 0) is 4.79 Å². The standard InChI is InChI=1S/C19H29N5O/c25-18(24-10-3-6-16-5-1-2-7-17(16)24)15-22-11-13-23(14-12-22)19-20-8-4-9-21-19/h4,8-9,16-17H,1-3,5-7,10-15H2.